The van der Waals surface area contributed by atoms with Gasteiger partial charge in [0.15, 0.2) is 0 Å². The fourth-order valence-electron chi connectivity index (χ4n) is 2.83. The zero-order valence-corrected chi connectivity index (χ0v) is 12.4. The van der Waals surface area contributed by atoms with Crippen molar-refractivity contribution in [2.45, 2.75) is 64.8 Å². The van der Waals surface area contributed by atoms with Crippen LogP contribution in [0.2, 0.25) is 0 Å². The number of aromatic nitrogens is 2. The van der Waals surface area contributed by atoms with E-state index in [0.29, 0.717) is 5.92 Å². The van der Waals surface area contributed by atoms with Crippen LogP contribution in [0, 0.1) is 19.8 Å². The molecule has 0 bridgehead atoms. The van der Waals surface area contributed by atoms with Crippen molar-refractivity contribution in [2.24, 2.45) is 5.92 Å². The van der Waals surface area contributed by atoms with E-state index in [1.54, 1.807) is 0 Å². The standard InChI is InChI=1S/C16H25N3/c1-10-9-15(10)16-18-11(2)14(12(3)19-16)5-4-8-17-13-6-7-13/h10,13,15,17H,4-9H2,1-3H3. The SMILES string of the molecule is Cc1nc(C2CC2C)nc(C)c1CCCNC1CC1. The first kappa shape index (κ1) is 13.0. The Bertz CT molecular complexity index is 442. The van der Waals surface area contributed by atoms with E-state index in [1.807, 2.05) is 0 Å². The third kappa shape index (κ3) is 3.14. The molecule has 0 spiro atoms. The van der Waals surface area contributed by atoms with Gasteiger partial charge in [-0.15, -0.1) is 0 Å². The second-order valence-electron chi connectivity index (χ2n) is 6.38. The van der Waals surface area contributed by atoms with Crippen LogP contribution in [0.4, 0.5) is 0 Å². The van der Waals surface area contributed by atoms with E-state index in [1.165, 1.54) is 42.6 Å². The lowest BCUT2D eigenvalue weighted by molar-refractivity contribution is 0.640. The van der Waals surface area contributed by atoms with E-state index in [2.05, 4.69) is 26.1 Å². The van der Waals surface area contributed by atoms with Gasteiger partial charge >= 0.3 is 0 Å². The number of nitrogens with one attached hydrogen (secondary N) is 1. The molecular formula is C16H25N3. The fourth-order valence-corrected chi connectivity index (χ4v) is 2.83. The minimum Gasteiger partial charge on any atom is -0.314 e. The lowest BCUT2D eigenvalue weighted by Crippen LogP contribution is -2.18. The van der Waals surface area contributed by atoms with Crippen LogP contribution in [0.3, 0.4) is 0 Å². The van der Waals surface area contributed by atoms with Gasteiger partial charge in [-0.2, -0.15) is 0 Å². The van der Waals surface area contributed by atoms with E-state index in [4.69, 9.17) is 9.97 Å². The third-order valence-electron chi connectivity index (χ3n) is 4.49. The first-order chi connectivity index (χ1) is 9.15. The Morgan fingerprint density at radius 1 is 1.16 bits per heavy atom. The van der Waals surface area contributed by atoms with E-state index < -0.39 is 0 Å². The monoisotopic (exact) mass is 259 g/mol. The number of rotatable bonds is 6. The molecule has 3 nitrogen and oxygen atoms in total. The molecule has 0 aliphatic heterocycles. The topological polar surface area (TPSA) is 37.8 Å². The number of aryl methyl sites for hydroxylation is 2. The van der Waals surface area contributed by atoms with Crippen LogP contribution in [0.5, 0.6) is 0 Å². The summed E-state index contributed by atoms with van der Waals surface area (Å²) in [6, 6.07) is 0.817. The highest BCUT2D eigenvalue weighted by Gasteiger charge is 2.36. The molecule has 3 rings (SSSR count). The molecule has 2 unspecified atom stereocenters. The van der Waals surface area contributed by atoms with Gasteiger partial charge in [-0.3, -0.25) is 0 Å². The largest absolute Gasteiger partial charge is 0.314 e. The van der Waals surface area contributed by atoms with Crippen LogP contribution in [-0.4, -0.2) is 22.6 Å². The lowest BCUT2D eigenvalue weighted by Gasteiger charge is -2.11. The average Bonchev–Trinajstić information content (AvgIpc) is 3.24. The molecule has 2 saturated carbocycles. The van der Waals surface area contributed by atoms with Crippen molar-refractivity contribution in [3.05, 3.63) is 22.8 Å². The van der Waals surface area contributed by atoms with E-state index in [0.717, 1.165) is 30.7 Å². The van der Waals surface area contributed by atoms with Gasteiger partial charge in [0.1, 0.15) is 5.82 Å². The van der Waals surface area contributed by atoms with Gasteiger partial charge < -0.3 is 5.32 Å². The second kappa shape index (κ2) is 5.20. The molecule has 2 aliphatic rings. The number of hydrogen-bond acceptors (Lipinski definition) is 3. The molecule has 0 aromatic carbocycles. The predicted molar refractivity (Wildman–Crippen MR) is 77.4 cm³/mol. The molecule has 0 amide bonds. The molecule has 0 saturated heterocycles. The van der Waals surface area contributed by atoms with E-state index >= 15 is 0 Å². The number of nitrogens with zero attached hydrogens (tertiary/aromatic N) is 2. The molecule has 1 N–H and O–H groups in total. The van der Waals surface area contributed by atoms with Crippen molar-refractivity contribution in [3.8, 4) is 0 Å². The van der Waals surface area contributed by atoms with Gasteiger partial charge in [0.05, 0.1) is 0 Å². The first-order valence-electron chi connectivity index (χ1n) is 7.72. The summed E-state index contributed by atoms with van der Waals surface area (Å²) in [6.07, 6.45) is 6.31. The quantitative estimate of drug-likeness (QED) is 0.798. The average molecular weight is 259 g/mol. The van der Waals surface area contributed by atoms with Crippen molar-refractivity contribution < 1.29 is 0 Å². The van der Waals surface area contributed by atoms with Gasteiger partial charge in [0, 0.05) is 23.3 Å². The molecule has 1 aromatic rings. The summed E-state index contributed by atoms with van der Waals surface area (Å²) >= 11 is 0. The van der Waals surface area contributed by atoms with Crippen molar-refractivity contribution >= 4 is 0 Å². The van der Waals surface area contributed by atoms with E-state index in [9.17, 15) is 0 Å². The van der Waals surface area contributed by atoms with Crippen LogP contribution in [0.25, 0.3) is 0 Å². The zero-order valence-electron chi connectivity index (χ0n) is 12.4. The van der Waals surface area contributed by atoms with Gasteiger partial charge in [-0.05, 0) is 64.0 Å². The maximum atomic E-state index is 4.74. The lowest BCUT2D eigenvalue weighted by atomic mass is 10.1. The molecular weight excluding hydrogens is 234 g/mol. The molecule has 1 aromatic heterocycles. The van der Waals surface area contributed by atoms with Crippen LogP contribution in [0.15, 0.2) is 0 Å². The van der Waals surface area contributed by atoms with Crippen LogP contribution in [0.1, 0.15) is 61.3 Å². The summed E-state index contributed by atoms with van der Waals surface area (Å²) in [7, 11) is 0. The predicted octanol–water partition coefficient (Wildman–Crippen LogP) is 2.90. The summed E-state index contributed by atoms with van der Waals surface area (Å²) in [6.45, 7) is 7.71. The normalized spacial score (nSPS) is 25.6. The van der Waals surface area contributed by atoms with Crippen molar-refractivity contribution in [1.82, 2.24) is 15.3 Å². The van der Waals surface area contributed by atoms with Crippen molar-refractivity contribution in [3.63, 3.8) is 0 Å². The second-order valence-corrected chi connectivity index (χ2v) is 6.38. The Morgan fingerprint density at radius 2 is 1.79 bits per heavy atom. The Balaban J connectivity index is 1.60. The zero-order chi connectivity index (χ0) is 13.4. The van der Waals surface area contributed by atoms with Gasteiger partial charge in [0.2, 0.25) is 0 Å². The molecule has 2 fully saturated rings. The maximum absolute atomic E-state index is 4.74. The Kier molecular flexibility index (Phi) is 3.57. The molecule has 2 atom stereocenters. The summed E-state index contributed by atoms with van der Waals surface area (Å²) in [5.74, 6) is 2.50. The molecule has 3 heteroatoms. The summed E-state index contributed by atoms with van der Waals surface area (Å²) in [5, 5.41) is 3.57. The van der Waals surface area contributed by atoms with Crippen LogP contribution >= 0.6 is 0 Å². The molecule has 104 valence electrons. The number of hydrogen-bond donors (Lipinski definition) is 1. The molecule has 2 aliphatic carbocycles. The minimum absolute atomic E-state index is 0.628. The van der Waals surface area contributed by atoms with Gasteiger partial charge in [0.25, 0.3) is 0 Å². The highest BCUT2D eigenvalue weighted by molar-refractivity contribution is 5.26. The Hall–Kier alpha value is -0.960. The maximum Gasteiger partial charge on any atom is 0.132 e. The highest BCUT2D eigenvalue weighted by atomic mass is 14.9. The minimum atomic E-state index is 0.628. The third-order valence-corrected chi connectivity index (χ3v) is 4.49. The van der Waals surface area contributed by atoms with Gasteiger partial charge in [-0.1, -0.05) is 6.92 Å². The highest BCUT2D eigenvalue weighted by Crippen LogP contribution is 2.45. The van der Waals surface area contributed by atoms with Crippen molar-refractivity contribution in [2.75, 3.05) is 6.54 Å². The van der Waals surface area contributed by atoms with Crippen molar-refractivity contribution in [1.29, 1.82) is 0 Å². The first-order valence-corrected chi connectivity index (χ1v) is 7.72. The van der Waals surface area contributed by atoms with Crippen LogP contribution < -0.4 is 5.32 Å². The smallest absolute Gasteiger partial charge is 0.132 e. The molecule has 19 heavy (non-hydrogen) atoms. The summed E-state index contributed by atoms with van der Waals surface area (Å²) < 4.78 is 0. The van der Waals surface area contributed by atoms with E-state index in [-0.39, 0.29) is 0 Å². The Labute approximate surface area is 116 Å². The fraction of sp³-hybridized carbons (Fsp3) is 0.750. The van der Waals surface area contributed by atoms with Gasteiger partial charge in [-0.25, -0.2) is 9.97 Å². The summed E-state index contributed by atoms with van der Waals surface area (Å²) in [4.78, 5) is 9.48. The molecule has 1 heterocycles. The Morgan fingerprint density at radius 3 is 2.32 bits per heavy atom. The summed E-state index contributed by atoms with van der Waals surface area (Å²) in [5.41, 5.74) is 3.77. The van der Waals surface area contributed by atoms with Crippen LogP contribution in [-0.2, 0) is 6.42 Å². The molecule has 0 radical (unpaired) electrons.